The van der Waals surface area contributed by atoms with Crippen LogP contribution in [0.4, 0.5) is 0 Å². The maximum Gasteiger partial charge on any atom is 0.306 e. The summed E-state index contributed by atoms with van der Waals surface area (Å²) in [5.74, 6) is -0.904. The minimum Gasteiger partial charge on any atom is -0.462 e. The highest BCUT2D eigenvalue weighted by atomic mass is 16.6. The van der Waals surface area contributed by atoms with Gasteiger partial charge < -0.3 is 14.2 Å². The van der Waals surface area contributed by atoms with E-state index in [1.807, 2.05) is 0 Å². The maximum absolute atomic E-state index is 12.8. The second-order valence-electron chi connectivity index (χ2n) is 17.8. The van der Waals surface area contributed by atoms with Gasteiger partial charge >= 0.3 is 17.9 Å². The fourth-order valence-electron chi connectivity index (χ4n) is 7.57. The Morgan fingerprint density at radius 3 is 1.00 bits per heavy atom. The van der Waals surface area contributed by atoms with Gasteiger partial charge in [-0.3, -0.25) is 14.4 Å². The lowest BCUT2D eigenvalue weighted by atomic mass is 10.0. The van der Waals surface area contributed by atoms with Crippen molar-refractivity contribution in [3.8, 4) is 0 Å². The lowest BCUT2D eigenvalue weighted by Gasteiger charge is -2.18. The first-order chi connectivity index (χ1) is 30.5. The maximum atomic E-state index is 12.8. The van der Waals surface area contributed by atoms with Crippen molar-refractivity contribution in [1.82, 2.24) is 0 Å². The highest BCUT2D eigenvalue weighted by Gasteiger charge is 2.19. The molecule has 0 heterocycles. The van der Waals surface area contributed by atoms with Gasteiger partial charge in [0.15, 0.2) is 6.10 Å². The summed E-state index contributed by atoms with van der Waals surface area (Å²) >= 11 is 0. The Balaban J connectivity index is 4.39. The molecule has 0 fully saturated rings. The molecule has 0 rings (SSSR count). The van der Waals surface area contributed by atoms with Crippen molar-refractivity contribution >= 4 is 17.9 Å². The van der Waals surface area contributed by atoms with Crippen molar-refractivity contribution < 1.29 is 28.6 Å². The topological polar surface area (TPSA) is 78.9 Å². The van der Waals surface area contributed by atoms with E-state index in [1.165, 1.54) is 135 Å². The first-order valence-corrected chi connectivity index (χ1v) is 26.6. The number of esters is 3. The summed E-state index contributed by atoms with van der Waals surface area (Å²) in [4.78, 5) is 38.0. The second kappa shape index (κ2) is 51.0. The molecule has 0 spiro atoms. The van der Waals surface area contributed by atoms with Crippen LogP contribution in [0.15, 0.2) is 48.6 Å². The molecule has 6 heteroatoms. The van der Waals surface area contributed by atoms with E-state index >= 15 is 0 Å². The molecular weight excluding hydrogens is 769 g/mol. The summed E-state index contributed by atoms with van der Waals surface area (Å²) in [6.45, 7) is 6.52. The third-order valence-electron chi connectivity index (χ3n) is 11.6. The molecular formula is C56H100O6. The quantitative estimate of drug-likeness (QED) is 0.0262. The highest BCUT2D eigenvalue weighted by Crippen LogP contribution is 2.15. The van der Waals surface area contributed by atoms with E-state index in [2.05, 4.69) is 69.4 Å². The van der Waals surface area contributed by atoms with Crippen LogP contribution in [0.2, 0.25) is 0 Å². The molecule has 360 valence electrons. The zero-order valence-corrected chi connectivity index (χ0v) is 41.1. The van der Waals surface area contributed by atoms with Gasteiger partial charge in [0, 0.05) is 19.3 Å². The van der Waals surface area contributed by atoms with Crippen LogP contribution in [0, 0.1) is 0 Å². The standard InChI is InChI=1S/C56H100O6/c1-4-7-10-13-16-19-22-25-28-29-32-34-37-40-43-46-49-55(58)61-52-53(62-56(59)50-47-44-41-38-35-31-27-24-21-18-15-12-9-6-3)51-60-54(57)48-45-42-39-36-33-30-26-23-20-17-14-11-8-5-2/h9,12,18,21,27-29,31,53H,4-8,10-11,13-17,19-20,22-26,30,32-52H2,1-3H3/b12-9-,21-18-,29-28-,31-27-. The Morgan fingerprint density at radius 2 is 0.629 bits per heavy atom. The molecule has 0 saturated heterocycles. The van der Waals surface area contributed by atoms with Gasteiger partial charge in [0.05, 0.1) is 0 Å². The molecule has 0 aromatic heterocycles. The van der Waals surface area contributed by atoms with Crippen molar-refractivity contribution in [3.05, 3.63) is 48.6 Å². The van der Waals surface area contributed by atoms with Gasteiger partial charge in [-0.1, -0.05) is 223 Å². The summed E-state index contributed by atoms with van der Waals surface area (Å²) in [5.41, 5.74) is 0. The Bertz CT molecular complexity index is 1090. The minimum atomic E-state index is -0.785. The Labute approximate surface area is 384 Å². The van der Waals surface area contributed by atoms with Gasteiger partial charge in [0.25, 0.3) is 0 Å². The van der Waals surface area contributed by atoms with Gasteiger partial charge in [-0.15, -0.1) is 0 Å². The van der Waals surface area contributed by atoms with Crippen LogP contribution in [0.25, 0.3) is 0 Å². The van der Waals surface area contributed by atoms with Crippen LogP contribution in [0.5, 0.6) is 0 Å². The first kappa shape index (κ1) is 59.4. The molecule has 0 aliphatic carbocycles. The molecule has 1 atom stereocenters. The van der Waals surface area contributed by atoms with E-state index in [0.717, 1.165) is 96.3 Å². The highest BCUT2D eigenvalue weighted by molar-refractivity contribution is 5.71. The predicted octanol–water partition coefficient (Wildman–Crippen LogP) is 17.5. The molecule has 0 aromatic rings. The molecule has 62 heavy (non-hydrogen) atoms. The predicted molar refractivity (Wildman–Crippen MR) is 265 cm³/mol. The molecule has 6 nitrogen and oxygen atoms in total. The molecule has 1 unspecified atom stereocenters. The average molecular weight is 869 g/mol. The molecule has 0 aliphatic rings. The molecule has 0 radical (unpaired) electrons. The van der Waals surface area contributed by atoms with Crippen molar-refractivity contribution in [2.45, 2.75) is 277 Å². The molecule has 0 aromatic carbocycles. The number of rotatable bonds is 48. The van der Waals surface area contributed by atoms with Crippen molar-refractivity contribution in [2.24, 2.45) is 0 Å². The fourth-order valence-corrected chi connectivity index (χ4v) is 7.57. The van der Waals surface area contributed by atoms with Gasteiger partial charge in [0.2, 0.25) is 0 Å². The van der Waals surface area contributed by atoms with Crippen LogP contribution in [-0.2, 0) is 28.6 Å². The number of unbranched alkanes of at least 4 members (excludes halogenated alkanes) is 29. The lowest BCUT2D eigenvalue weighted by molar-refractivity contribution is -0.167. The monoisotopic (exact) mass is 869 g/mol. The zero-order chi connectivity index (χ0) is 45.1. The van der Waals surface area contributed by atoms with Gasteiger partial charge in [0.1, 0.15) is 13.2 Å². The summed E-state index contributed by atoms with van der Waals surface area (Å²) < 4.78 is 16.8. The van der Waals surface area contributed by atoms with Crippen LogP contribution < -0.4 is 0 Å². The molecule has 0 saturated carbocycles. The minimum absolute atomic E-state index is 0.0824. The number of carbonyl (C=O) groups is 3. The largest absolute Gasteiger partial charge is 0.462 e. The molecule has 0 N–H and O–H groups in total. The number of hydrogen-bond acceptors (Lipinski definition) is 6. The van der Waals surface area contributed by atoms with Crippen molar-refractivity contribution in [3.63, 3.8) is 0 Å². The normalized spacial score (nSPS) is 12.4. The third-order valence-corrected chi connectivity index (χ3v) is 11.6. The van der Waals surface area contributed by atoms with Gasteiger partial charge in [-0.2, -0.15) is 0 Å². The summed E-state index contributed by atoms with van der Waals surface area (Å²) in [6, 6.07) is 0. The van der Waals surface area contributed by atoms with Crippen LogP contribution >= 0.6 is 0 Å². The summed E-state index contributed by atoms with van der Waals surface area (Å²) in [5, 5.41) is 0. The molecule has 0 bridgehead atoms. The number of carbonyl (C=O) groups excluding carboxylic acids is 3. The second-order valence-corrected chi connectivity index (χ2v) is 17.8. The number of ether oxygens (including phenoxy) is 3. The summed E-state index contributed by atoms with van der Waals surface area (Å²) in [7, 11) is 0. The Morgan fingerprint density at radius 1 is 0.339 bits per heavy atom. The lowest BCUT2D eigenvalue weighted by Crippen LogP contribution is -2.30. The van der Waals surface area contributed by atoms with Crippen molar-refractivity contribution in [1.29, 1.82) is 0 Å². The smallest absolute Gasteiger partial charge is 0.306 e. The Kier molecular flexibility index (Phi) is 48.8. The van der Waals surface area contributed by atoms with Crippen LogP contribution in [0.1, 0.15) is 271 Å². The first-order valence-electron chi connectivity index (χ1n) is 26.6. The van der Waals surface area contributed by atoms with Crippen LogP contribution in [-0.4, -0.2) is 37.2 Å². The number of allylic oxidation sites excluding steroid dienone is 8. The Hall–Kier alpha value is -2.63. The zero-order valence-electron chi connectivity index (χ0n) is 41.1. The van der Waals surface area contributed by atoms with Gasteiger partial charge in [-0.25, -0.2) is 0 Å². The van der Waals surface area contributed by atoms with E-state index < -0.39 is 6.10 Å². The van der Waals surface area contributed by atoms with Crippen molar-refractivity contribution in [2.75, 3.05) is 13.2 Å². The van der Waals surface area contributed by atoms with E-state index in [0.29, 0.717) is 19.3 Å². The number of hydrogen-bond donors (Lipinski definition) is 0. The molecule has 0 amide bonds. The molecule has 0 aliphatic heterocycles. The fraction of sp³-hybridized carbons (Fsp3) is 0.804. The SMILES string of the molecule is CC/C=C\C/C=C\C/C=C\CCCCCCC(=O)OC(COC(=O)CCCCCCC/C=C\CCCCCCCCC)COC(=O)CCCCCCCCCCCCCCCC. The van der Waals surface area contributed by atoms with Crippen LogP contribution in [0.3, 0.4) is 0 Å². The van der Waals surface area contributed by atoms with E-state index in [1.54, 1.807) is 0 Å². The van der Waals surface area contributed by atoms with Gasteiger partial charge in [-0.05, 0) is 77.0 Å². The van der Waals surface area contributed by atoms with E-state index in [4.69, 9.17) is 14.2 Å². The average Bonchev–Trinajstić information content (AvgIpc) is 3.27. The summed E-state index contributed by atoms with van der Waals surface area (Å²) in [6.07, 6.45) is 60.9. The van der Waals surface area contributed by atoms with E-state index in [9.17, 15) is 14.4 Å². The third kappa shape index (κ3) is 48.4. The van der Waals surface area contributed by atoms with E-state index in [-0.39, 0.29) is 31.1 Å².